The quantitative estimate of drug-likeness (QED) is 0.705. The van der Waals surface area contributed by atoms with Crippen LogP contribution in [0.2, 0.25) is 0 Å². The van der Waals surface area contributed by atoms with E-state index in [1.165, 1.54) is 45.1 Å². The van der Waals surface area contributed by atoms with E-state index in [2.05, 4.69) is 11.8 Å². The van der Waals surface area contributed by atoms with Gasteiger partial charge in [-0.2, -0.15) is 0 Å². The van der Waals surface area contributed by atoms with Crippen LogP contribution < -0.4 is 5.73 Å². The molecular weight excluding hydrogens is 160 g/mol. The van der Waals surface area contributed by atoms with E-state index in [-0.39, 0.29) is 0 Å². The van der Waals surface area contributed by atoms with Crippen molar-refractivity contribution in [1.82, 2.24) is 4.90 Å². The van der Waals surface area contributed by atoms with Gasteiger partial charge in [-0.1, -0.05) is 12.8 Å². The second kappa shape index (κ2) is 3.58. The van der Waals surface area contributed by atoms with E-state index in [1.54, 1.807) is 0 Å². The third-order valence-corrected chi connectivity index (χ3v) is 3.78. The number of hydrogen-bond acceptors (Lipinski definition) is 2. The van der Waals surface area contributed by atoms with Gasteiger partial charge in [-0.25, -0.2) is 0 Å². The summed E-state index contributed by atoms with van der Waals surface area (Å²) in [6, 6.07) is 0.343. The van der Waals surface area contributed by atoms with Crippen molar-refractivity contribution in [2.45, 2.75) is 57.0 Å². The summed E-state index contributed by atoms with van der Waals surface area (Å²) >= 11 is 0. The first kappa shape index (κ1) is 9.47. The molecule has 0 unspecified atom stereocenters. The summed E-state index contributed by atoms with van der Waals surface area (Å²) in [4.78, 5) is 2.67. The van der Waals surface area contributed by atoms with Gasteiger partial charge in [-0.3, -0.25) is 4.90 Å². The Morgan fingerprint density at radius 3 is 2.46 bits per heavy atom. The summed E-state index contributed by atoms with van der Waals surface area (Å²) < 4.78 is 0. The van der Waals surface area contributed by atoms with Crippen molar-refractivity contribution < 1.29 is 0 Å². The molecule has 0 amide bonds. The Morgan fingerprint density at radius 1 is 1.23 bits per heavy atom. The lowest BCUT2D eigenvalue weighted by Gasteiger charge is -2.36. The molecule has 2 nitrogen and oxygen atoms in total. The van der Waals surface area contributed by atoms with Gasteiger partial charge in [0.25, 0.3) is 0 Å². The Hall–Kier alpha value is -0.0800. The monoisotopic (exact) mass is 182 g/mol. The maximum Gasteiger partial charge on any atom is 0.0210 e. The predicted octanol–water partition coefficient (Wildman–Crippen LogP) is 1.74. The maximum absolute atomic E-state index is 5.88. The second-order valence-electron chi connectivity index (χ2n) is 4.96. The molecule has 2 heteroatoms. The molecule has 1 saturated carbocycles. The van der Waals surface area contributed by atoms with Crippen LogP contribution >= 0.6 is 0 Å². The van der Waals surface area contributed by atoms with Gasteiger partial charge in [0.1, 0.15) is 0 Å². The lowest BCUT2D eigenvalue weighted by molar-refractivity contribution is 0.137. The van der Waals surface area contributed by atoms with Crippen LogP contribution in [0.4, 0.5) is 0 Å². The zero-order valence-electron chi connectivity index (χ0n) is 8.76. The molecule has 0 aromatic heterocycles. The normalized spacial score (nSPS) is 30.0. The highest BCUT2D eigenvalue weighted by molar-refractivity contribution is 4.99. The molecule has 0 bridgehead atoms. The molecule has 1 spiro atoms. The van der Waals surface area contributed by atoms with Crippen LogP contribution in [0.5, 0.6) is 0 Å². The minimum absolute atomic E-state index is 0.343. The van der Waals surface area contributed by atoms with Crippen LogP contribution in [-0.2, 0) is 0 Å². The first-order valence-corrected chi connectivity index (χ1v) is 5.74. The molecule has 2 aliphatic rings. The molecule has 1 aliphatic heterocycles. The first-order valence-electron chi connectivity index (χ1n) is 5.74. The zero-order chi connectivity index (χ0) is 9.31. The van der Waals surface area contributed by atoms with Crippen molar-refractivity contribution in [2.24, 2.45) is 5.73 Å². The molecule has 2 fully saturated rings. The summed E-state index contributed by atoms with van der Waals surface area (Å²) in [5.41, 5.74) is 6.47. The van der Waals surface area contributed by atoms with Gasteiger partial charge in [-0.05, 0) is 39.2 Å². The van der Waals surface area contributed by atoms with E-state index in [0.717, 1.165) is 6.54 Å². The molecule has 13 heavy (non-hydrogen) atoms. The van der Waals surface area contributed by atoms with Crippen LogP contribution in [0, 0.1) is 0 Å². The molecule has 2 N–H and O–H groups in total. The van der Waals surface area contributed by atoms with Gasteiger partial charge in [-0.15, -0.1) is 0 Å². The lowest BCUT2D eigenvalue weighted by Crippen LogP contribution is -2.46. The van der Waals surface area contributed by atoms with Crippen molar-refractivity contribution in [3.8, 4) is 0 Å². The van der Waals surface area contributed by atoms with Crippen molar-refractivity contribution in [3.63, 3.8) is 0 Å². The Balaban J connectivity index is 2.00. The minimum Gasteiger partial charge on any atom is -0.327 e. The second-order valence-corrected chi connectivity index (χ2v) is 4.96. The van der Waals surface area contributed by atoms with Crippen LogP contribution in [0.1, 0.15) is 45.4 Å². The molecule has 0 radical (unpaired) electrons. The maximum atomic E-state index is 5.88. The highest BCUT2D eigenvalue weighted by Gasteiger charge is 2.42. The summed E-state index contributed by atoms with van der Waals surface area (Å²) in [6.45, 7) is 4.53. The van der Waals surface area contributed by atoms with Crippen LogP contribution in [0.15, 0.2) is 0 Å². The Morgan fingerprint density at radius 2 is 1.85 bits per heavy atom. The van der Waals surface area contributed by atoms with Gasteiger partial charge >= 0.3 is 0 Å². The van der Waals surface area contributed by atoms with Gasteiger partial charge < -0.3 is 5.73 Å². The fourth-order valence-electron chi connectivity index (χ4n) is 3.23. The minimum atomic E-state index is 0.343. The average Bonchev–Trinajstić information content (AvgIpc) is 2.64. The summed E-state index contributed by atoms with van der Waals surface area (Å²) in [7, 11) is 0. The Labute approximate surface area is 81.5 Å². The number of nitrogens with two attached hydrogens (primary N) is 1. The number of likely N-dealkylation sites (tertiary alicyclic amines) is 1. The molecular formula is C11H22N2. The van der Waals surface area contributed by atoms with Crippen molar-refractivity contribution in [1.29, 1.82) is 0 Å². The molecule has 1 atom stereocenters. The Bertz CT molecular complexity index is 165. The van der Waals surface area contributed by atoms with E-state index >= 15 is 0 Å². The molecule has 76 valence electrons. The molecule has 1 saturated heterocycles. The van der Waals surface area contributed by atoms with Crippen molar-refractivity contribution in [3.05, 3.63) is 0 Å². The molecule has 0 aromatic rings. The summed E-state index contributed by atoms with van der Waals surface area (Å²) in [5, 5.41) is 0. The smallest absolute Gasteiger partial charge is 0.0210 e. The summed E-state index contributed by atoms with van der Waals surface area (Å²) in [6.07, 6.45) is 8.57. The van der Waals surface area contributed by atoms with E-state index in [0.29, 0.717) is 11.6 Å². The predicted molar refractivity (Wildman–Crippen MR) is 55.7 cm³/mol. The highest BCUT2D eigenvalue weighted by atomic mass is 15.2. The summed E-state index contributed by atoms with van der Waals surface area (Å²) in [5.74, 6) is 0. The fourth-order valence-corrected chi connectivity index (χ4v) is 3.23. The first-order chi connectivity index (χ1) is 6.23. The number of rotatable bonds is 2. The third kappa shape index (κ3) is 1.75. The van der Waals surface area contributed by atoms with Gasteiger partial charge in [0.05, 0.1) is 0 Å². The van der Waals surface area contributed by atoms with E-state index in [9.17, 15) is 0 Å². The molecule has 1 heterocycles. The average molecular weight is 182 g/mol. The third-order valence-electron chi connectivity index (χ3n) is 3.78. The van der Waals surface area contributed by atoms with Crippen LogP contribution in [0.25, 0.3) is 0 Å². The van der Waals surface area contributed by atoms with Gasteiger partial charge in [0, 0.05) is 18.1 Å². The SMILES string of the molecule is C[C@@H](N)CN1CCCC12CCCC2. The van der Waals surface area contributed by atoms with E-state index in [1.807, 2.05) is 0 Å². The largest absolute Gasteiger partial charge is 0.327 e. The topological polar surface area (TPSA) is 29.3 Å². The molecule has 2 rings (SSSR count). The number of hydrogen-bond donors (Lipinski definition) is 1. The number of nitrogens with zero attached hydrogens (tertiary/aromatic N) is 1. The highest BCUT2D eigenvalue weighted by Crippen LogP contribution is 2.42. The van der Waals surface area contributed by atoms with Crippen LogP contribution in [0.3, 0.4) is 0 Å². The zero-order valence-corrected chi connectivity index (χ0v) is 8.76. The Kier molecular flexibility index (Phi) is 2.61. The standard InChI is InChI=1S/C11H22N2/c1-10(12)9-13-8-4-7-11(13)5-2-3-6-11/h10H,2-9,12H2,1H3/t10-/m1/s1. The fraction of sp³-hybridized carbons (Fsp3) is 1.00. The van der Waals surface area contributed by atoms with Crippen LogP contribution in [-0.4, -0.2) is 29.6 Å². The lowest BCUT2D eigenvalue weighted by atomic mass is 9.94. The van der Waals surface area contributed by atoms with Gasteiger partial charge in [0.15, 0.2) is 0 Å². The molecule has 1 aliphatic carbocycles. The van der Waals surface area contributed by atoms with Gasteiger partial charge in [0.2, 0.25) is 0 Å². The van der Waals surface area contributed by atoms with E-state index < -0.39 is 0 Å². The van der Waals surface area contributed by atoms with Crippen molar-refractivity contribution in [2.75, 3.05) is 13.1 Å². The van der Waals surface area contributed by atoms with Crippen molar-refractivity contribution >= 4 is 0 Å². The molecule has 0 aromatic carbocycles. The van der Waals surface area contributed by atoms with E-state index in [4.69, 9.17) is 5.73 Å².